The van der Waals surface area contributed by atoms with Crippen molar-refractivity contribution in [3.63, 3.8) is 0 Å². The summed E-state index contributed by atoms with van der Waals surface area (Å²) in [5.41, 5.74) is 0. The molecule has 0 radical (unpaired) electrons. The molecule has 0 aliphatic heterocycles. The highest BCUT2D eigenvalue weighted by atomic mass is 16.7. The molecule has 0 aromatic rings. The maximum atomic E-state index is 9.92. The van der Waals surface area contributed by atoms with Crippen molar-refractivity contribution in [1.82, 2.24) is 0 Å². The summed E-state index contributed by atoms with van der Waals surface area (Å²) in [4.78, 5) is 9.92. The second-order valence-corrected chi connectivity index (χ2v) is 2.54. The predicted octanol–water partition coefficient (Wildman–Crippen LogP) is 0.751. The molecule has 0 atom stereocenters. The second-order valence-electron chi connectivity index (χ2n) is 2.54. The molecule has 6 nitrogen and oxygen atoms in total. The van der Waals surface area contributed by atoms with E-state index in [2.05, 4.69) is 4.74 Å². The maximum Gasteiger partial charge on any atom is 0.505 e. The van der Waals surface area contributed by atoms with E-state index in [1.54, 1.807) is 0 Å². The number of carboxylic acid groups (broad SMARTS) is 1. The minimum absolute atomic E-state index is 0.0499. The van der Waals surface area contributed by atoms with E-state index in [1.807, 2.05) is 6.92 Å². The Bertz CT molecular complexity index is 150. The zero-order valence-electron chi connectivity index (χ0n) is 8.94. The Balaban J connectivity index is 2.89. The first-order valence-electron chi connectivity index (χ1n) is 4.86. The molecule has 0 amide bonds. The van der Waals surface area contributed by atoms with Gasteiger partial charge in [0.1, 0.15) is 6.61 Å². The van der Waals surface area contributed by atoms with Gasteiger partial charge in [0.2, 0.25) is 0 Å². The lowest BCUT2D eigenvalue weighted by molar-refractivity contribution is 0.00296. The standard InChI is InChI=1S/C9H18O6/c1-2-12-3-4-13-5-6-14-7-8-15-9(10)11/h2-8H2,1H3,(H,10,11). The van der Waals surface area contributed by atoms with Gasteiger partial charge in [0.25, 0.3) is 0 Å². The highest BCUT2D eigenvalue weighted by Crippen LogP contribution is 1.82. The molecule has 0 heterocycles. The number of rotatable bonds is 10. The number of hydrogen-bond acceptors (Lipinski definition) is 5. The van der Waals surface area contributed by atoms with Crippen molar-refractivity contribution in [3.8, 4) is 0 Å². The molecule has 0 saturated heterocycles. The summed E-state index contributed by atoms with van der Waals surface area (Å²) in [5.74, 6) is 0. The summed E-state index contributed by atoms with van der Waals surface area (Å²) in [6.45, 7) is 4.93. The molecule has 0 unspecified atom stereocenters. The topological polar surface area (TPSA) is 74.2 Å². The Morgan fingerprint density at radius 1 is 0.933 bits per heavy atom. The van der Waals surface area contributed by atoms with E-state index in [0.717, 1.165) is 0 Å². The van der Waals surface area contributed by atoms with Crippen molar-refractivity contribution in [2.75, 3.05) is 46.2 Å². The summed E-state index contributed by atoms with van der Waals surface area (Å²) >= 11 is 0. The summed E-state index contributed by atoms with van der Waals surface area (Å²) in [6, 6.07) is 0. The number of hydrogen-bond donors (Lipinski definition) is 1. The van der Waals surface area contributed by atoms with Crippen molar-refractivity contribution in [1.29, 1.82) is 0 Å². The summed E-state index contributed by atoms with van der Waals surface area (Å²) in [5, 5.41) is 8.12. The van der Waals surface area contributed by atoms with Crippen LogP contribution in [0.2, 0.25) is 0 Å². The first kappa shape index (κ1) is 14.2. The van der Waals surface area contributed by atoms with Gasteiger partial charge in [0, 0.05) is 6.61 Å². The van der Waals surface area contributed by atoms with Crippen molar-refractivity contribution in [3.05, 3.63) is 0 Å². The van der Waals surface area contributed by atoms with E-state index >= 15 is 0 Å². The first-order valence-corrected chi connectivity index (χ1v) is 4.86. The van der Waals surface area contributed by atoms with Crippen LogP contribution in [0.1, 0.15) is 6.92 Å². The van der Waals surface area contributed by atoms with Crippen molar-refractivity contribution in [2.45, 2.75) is 6.92 Å². The Hall–Kier alpha value is -0.850. The van der Waals surface area contributed by atoms with E-state index in [4.69, 9.17) is 19.3 Å². The molecule has 0 bridgehead atoms. The first-order chi connectivity index (χ1) is 7.27. The Kier molecular flexibility index (Phi) is 10.6. The van der Waals surface area contributed by atoms with E-state index < -0.39 is 6.16 Å². The van der Waals surface area contributed by atoms with Gasteiger partial charge in [-0.1, -0.05) is 0 Å². The molecule has 15 heavy (non-hydrogen) atoms. The quantitative estimate of drug-likeness (QED) is 0.434. The lowest BCUT2D eigenvalue weighted by atomic mass is 10.7. The van der Waals surface area contributed by atoms with E-state index in [0.29, 0.717) is 33.0 Å². The van der Waals surface area contributed by atoms with Gasteiger partial charge >= 0.3 is 6.16 Å². The third kappa shape index (κ3) is 13.2. The highest BCUT2D eigenvalue weighted by Gasteiger charge is 1.95. The molecule has 0 aromatic carbocycles. The van der Waals surface area contributed by atoms with Gasteiger partial charge < -0.3 is 24.1 Å². The molecule has 0 fully saturated rings. The van der Waals surface area contributed by atoms with Crippen LogP contribution >= 0.6 is 0 Å². The normalized spacial score (nSPS) is 10.2. The van der Waals surface area contributed by atoms with E-state index in [9.17, 15) is 4.79 Å². The van der Waals surface area contributed by atoms with Crippen LogP contribution in [0.3, 0.4) is 0 Å². The zero-order valence-corrected chi connectivity index (χ0v) is 8.94. The number of carbonyl (C=O) groups is 1. The van der Waals surface area contributed by atoms with Crippen LogP contribution in [0.4, 0.5) is 4.79 Å². The van der Waals surface area contributed by atoms with Crippen LogP contribution in [0.5, 0.6) is 0 Å². The van der Waals surface area contributed by atoms with Gasteiger partial charge in [-0.3, -0.25) is 0 Å². The third-order valence-corrected chi connectivity index (χ3v) is 1.40. The zero-order chi connectivity index (χ0) is 11.4. The lowest BCUT2D eigenvalue weighted by Crippen LogP contribution is -2.13. The fourth-order valence-electron chi connectivity index (χ4n) is 0.772. The fraction of sp³-hybridized carbons (Fsp3) is 0.889. The molecule has 0 saturated carbocycles. The second kappa shape index (κ2) is 11.2. The SMILES string of the molecule is CCOCCOCCOCCOC(=O)O. The minimum atomic E-state index is -1.29. The van der Waals surface area contributed by atoms with E-state index in [1.165, 1.54) is 0 Å². The molecule has 0 aromatic heterocycles. The summed E-state index contributed by atoms with van der Waals surface area (Å²) < 4.78 is 19.5. The lowest BCUT2D eigenvalue weighted by Gasteiger charge is -2.05. The fourth-order valence-corrected chi connectivity index (χ4v) is 0.772. The van der Waals surface area contributed by atoms with Crippen molar-refractivity contribution < 1.29 is 28.8 Å². The van der Waals surface area contributed by atoms with Crippen LogP contribution < -0.4 is 0 Å². The maximum absolute atomic E-state index is 9.92. The van der Waals surface area contributed by atoms with Crippen LogP contribution in [0.15, 0.2) is 0 Å². The van der Waals surface area contributed by atoms with Crippen LogP contribution in [0.25, 0.3) is 0 Å². The molecule has 0 spiro atoms. The molecular weight excluding hydrogens is 204 g/mol. The van der Waals surface area contributed by atoms with Crippen LogP contribution in [-0.2, 0) is 18.9 Å². The Morgan fingerprint density at radius 2 is 1.40 bits per heavy atom. The van der Waals surface area contributed by atoms with Gasteiger partial charge in [-0.25, -0.2) is 4.79 Å². The molecule has 0 aliphatic carbocycles. The predicted molar refractivity (Wildman–Crippen MR) is 52.1 cm³/mol. The van der Waals surface area contributed by atoms with Gasteiger partial charge in [0.15, 0.2) is 0 Å². The molecule has 6 heteroatoms. The van der Waals surface area contributed by atoms with Gasteiger partial charge in [-0.15, -0.1) is 0 Å². The van der Waals surface area contributed by atoms with Gasteiger partial charge in [-0.2, -0.15) is 0 Å². The van der Waals surface area contributed by atoms with Gasteiger partial charge in [-0.05, 0) is 6.92 Å². The molecule has 1 N–H and O–H groups in total. The number of ether oxygens (including phenoxy) is 4. The van der Waals surface area contributed by atoms with Crippen molar-refractivity contribution >= 4 is 6.16 Å². The van der Waals surface area contributed by atoms with E-state index in [-0.39, 0.29) is 13.2 Å². The van der Waals surface area contributed by atoms with Crippen LogP contribution in [-0.4, -0.2) is 57.5 Å². The molecule has 0 rings (SSSR count). The average molecular weight is 222 g/mol. The third-order valence-electron chi connectivity index (χ3n) is 1.40. The van der Waals surface area contributed by atoms with Crippen molar-refractivity contribution in [2.24, 2.45) is 0 Å². The van der Waals surface area contributed by atoms with Gasteiger partial charge in [0.05, 0.1) is 33.0 Å². The summed E-state index contributed by atoms with van der Waals surface area (Å²) in [7, 11) is 0. The Morgan fingerprint density at radius 3 is 1.87 bits per heavy atom. The highest BCUT2D eigenvalue weighted by molar-refractivity contribution is 5.56. The largest absolute Gasteiger partial charge is 0.505 e. The monoisotopic (exact) mass is 222 g/mol. The molecule has 90 valence electrons. The molecule has 0 aliphatic rings. The Labute approximate surface area is 89.1 Å². The minimum Gasteiger partial charge on any atom is -0.450 e. The molecular formula is C9H18O6. The average Bonchev–Trinajstić information content (AvgIpc) is 2.20. The van der Waals surface area contributed by atoms with Crippen LogP contribution in [0, 0.1) is 0 Å². The smallest absolute Gasteiger partial charge is 0.450 e. The summed E-state index contributed by atoms with van der Waals surface area (Å²) in [6.07, 6.45) is -1.29.